The number of rotatable bonds is 7. The SMILES string of the molecule is CCN(CC(=O)O)C1CC(NC(=O)NC2(C3(C)CC3)CC2)C1. The molecule has 0 radical (unpaired) electrons. The van der Waals surface area contributed by atoms with Crippen molar-refractivity contribution in [3.05, 3.63) is 0 Å². The maximum Gasteiger partial charge on any atom is 0.317 e. The van der Waals surface area contributed by atoms with Crippen LogP contribution in [-0.4, -0.2) is 52.7 Å². The van der Waals surface area contributed by atoms with Crippen molar-refractivity contribution >= 4 is 12.0 Å². The standard InChI is InChI=1S/C16H27N3O3/c1-3-19(10-13(20)21)12-8-11(9-12)17-14(22)18-16(6-7-16)15(2)4-5-15/h11-12H,3-10H2,1-2H3,(H,20,21)(H2,17,18,22). The van der Waals surface area contributed by atoms with E-state index in [-0.39, 0.29) is 30.2 Å². The molecule has 3 aliphatic carbocycles. The highest BCUT2D eigenvalue weighted by atomic mass is 16.4. The van der Waals surface area contributed by atoms with E-state index in [1.165, 1.54) is 12.8 Å². The van der Waals surface area contributed by atoms with Gasteiger partial charge in [-0.15, -0.1) is 0 Å². The van der Waals surface area contributed by atoms with E-state index >= 15 is 0 Å². The van der Waals surface area contributed by atoms with Crippen LogP contribution in [0.1, 0.15) is 52.4 Å². The van der Waals surface area contributed by atoms with Gasteiger partial charge in [0, 0.05) is 17.6 Å². The van der Waals surface area contributed by atoms with Crippen molar-refractivity contribution in [1.29, 1.82) is 0 Å². The first-order valence-corrected chi connectivity index (χ1v) is 8.42. The van der Waals surface area contributed by atoms with Crippen molar-refractivity contribution in [3.8, 4) is 0 Å². The third-order valence-electron chi connectivity index (χ3n) is 5.97. The number of hydrogen-bond acceptors (Lipinski definition) is 3. The molecule has 0 bridgehead atoms. The lowest BCUT2D eigenvalue weighted by atomic mass is 9.85. The van der Waals surface area contributed by atoms with Gasteiger partial charge < -0.3 is 15.7 Å². The van der Waals surface area contributed by atoms with Crippen LogP contribution in [0.15, 0.2) is 0 Å². The van der Waals surface area contributed by atoms with Crippen molar-refractivity contribution in [2.24, 2.45) is 5.41 Å². The summed E-state index contributed by atoms with van der Waals surface area (Å²) in [4.78, 5) is 24.9. The lowest BCUT2D eigenvalue weighted by Crippen LogP contribution is -2.58. The molecule has 0 aromatic carbocycles. The van der Waals surface area contributed by atoms with E-state index in [4.69, 9.17) is 5.11 Å². The normalized spacial score (nSPS) is 30.3. The Kier molecular flexibility index (Phi) is 3.83. The van der Waals surface area contributed by atoms with Gasteiger partial charge in [-0.2, -0.15) is 0 Å². The smallest absolute Gasteiger partial charge is 0.317 e. The zero-order valence-corrected chi connectivity index (χ0v) is 13.5. The first-order chi connectivity index (χ1) is 10.4. The molecule has 6 nitrogen and oxygen atoms in total. The number of hydrogen-bond donors (Lipinski definition) is 3. The average Bonchev–Trinajstić information content (AvgIpc) is 3.30. The van der Waals surface area contributed by atoms with Crippen LogP contribution in [0.5, 0.6) is 0 Å². The lowest BCUT2D eigenvalue weighted by molar-refractivity contribution is -0.139. The monoisotopic (exact) mass is 309 g/mol. The summed E-state index contributed by atoms with van der Waals surface area (Å²) in [6, 6.07) is 0.410. The fraction of sp³-hybridized carbons (Fsp3) is 0.875. The van der Waals surface area contributed by atoms with Crippen molar-refractivity contribution in [1.82, 2.24) is 15.5 Å². The quantitative estimate of drug-likeness (QED) is 0.666. The van der Waals surface area contributed by atoms with E-state index in [1.54, 1.807) is 0 Å². The molecule has 3 aliphatic rings. The number of nitrogens with one attached hydrogen (secondary N) is 2. The lowest BCUT2D eigenvalue weighted by Gasteiger charge is -2.42. The topological polar surface area (TPSA) is 81.7 Å². The predicted octanol–water partition coefficient (Wildman–Crippen LogP) is 1.56. The molecule has 0 saturated heterocycles. The summed E-state index contributed by atoms with van der Waals surface area (Å²) in [5.41, 5.74) is 0.381. The molecule has 3 N–H and O–H groups in total. The van der Waals surface area contributed by atoms with Gasteiger partial charge in [0.15, 0.2) is 0 Å². The van der Waals surface area contributed by atoms with Crippen molar-refractivity contribution in [2.45, 2.75) is 70.0 Å². The first kappa shape index (κ1) is 15.6. The van der Waals surface area contributed by atoms with Crippen LogP contribution >= 0.6 is 0 Å². The summed E-state index contributed by atoms with van der Waals surface area (Å²) >= 11 is 0. The maximum atomic E-state index is 12.2. The Balaban J connectivity index is 1.40. The number of carbonyl (C=O) groups is 2. The second kappa shape index (κ2) is 5.41. The summed E-state index contributed by atoms with van der Waals surface area (Å²) in [6.45, 7) is 5.06. The van der Waals surface area contributed by atoms with Crippen LogP contribution in [0.4, 0.5) is 4.79 Å². The van der Waals surface area contributed by atoms with E-state index in [0.29, 0.717) is 5.41 Å². The number of carboxylic acids is 1. The predicted molar refractivity (Wildman–Crippen MR) is 82.7 cm³/mol. The largest absolute Gasteiger partial charge is 0.480 e. The summed E-state index contributed by atoms with van der Waals surface area (Å²) in [7, 11) is 0. The minimum atomic E-state index is -0.788. The molecular formula is C16H27N3O3. The summed E-state index contributed by atoms with van der Waals surface area (Å²) in [6.07, 6.45) is 6.34. The van der Waals surface area contributed by atoms with Gasteiger partial charge in [-0.25, -0.2) is 4.79 Å². The summed E-state index contributed by atoms with van der Waals surface area (Å²) < 4.78 is 0. The third-order valence-corrected chi connectivity index (χ3v) is 5.97. The second-order valence-electron chi connectivity index (χ2n) is 7.52. The zero-order valence-electron chi connectivity index (χ0n) is 13.5. The molecule has 3 rings (SSSR count). The minimum absolute atomic E-state index is 0.0460. The number of amides is 2. The van der Waals surface area contributed by atoms with Gasteiger partial charge in [0.05, 0.1) is 6.54 Å². The highest BCUT2D eigenvalue weighted by Crippen LogP contribution is 2.63. The number of carboxylic acid groups (broad SMARTS) is 1. The third kappa shape index (κ3) is 2.93. The van der Waals surface area contributed by atoms with Gasteiger partial charge in [-0.3, -0.25) is 9.69 Å². The highest BCUT2D eigenvalue weighted by molar-refractivity contribution is 5.76. The highest BCUT2D eigenvalue weighted by Gasteiger charge is 2.63. The average molecular weight is 309 g/mol. The number of aliphatic carboxylic acids is 1. The van der Waals surface area contributed by atoms with Gasteiger partial charge in [0.25, 0.3) is 0 Å². The number of urea groups is 1. The molecule has 124 valence electrons. The van der Waals surface area contributed by atoms with Gasteiger partial charge in [-0.05, 0) is 50.5 Å². The molecule has 3 fully saturated rings. The number of carbonyl (C=O) groups excluding carboxylic acids is 1. The Bertz CT molecular complexity index is 465. The van der Waals surface area contributed by atoms with E-state index < -0.39 is 5.97 Å². The molecule has 0 heterocycles. The fourth-order valence-corrected chi connectivity index (χ4v) is 3.79. The van der Waals surface area contributed by atoms with Crippen LogP contribution in [0.25, 0.3) is 0 Å². The molecule has 0 unspecified atom stereocenters. The zero-order chi connectivity index (χ0) is 16.0. The fourth-order valence-electron chi connectivity index (χ4n) is 3.79. The van der Waals surface area contributed by atoms with Gasteiger partial charge in [-0.1, -0.05) is 13.8 Å². The molecule has 6 heteroatoms. The van der Waals surface area contributed by atoms with Crippen LogP contribution in [0.2, 0.25) is 0 Å². The Morgan fingerprint density at radius 2 is 1.86 bits per heavy atom. The Morgan fingerprint density at radius 3 is 2.32 bits per heavy atom. The van der Waals surface area contributed by atoms with Gasteiger partial charge in [0.2, 0.25) is 0 Å². The minimum Gasteiger partial charge on any atom is -0.480 e. The first-order valence-electron chi connectivity index (χ1n) is 8.42. The van der Waals surface area contributed by atoms with E-state index in [2.05, 4.69) is 17.6 Å². The number of nitrogens with zero attached hydrogens (tertiary/aromatic N) is 1. The van der Waals surface area contributed by atoms with E-state index in [9.17, 15) is 9.59 Å². The van der Waals surface area contributed by atoms with Crippen LogP contribution in [0, 0.1) is 5.41 Å². The van der Waals surface area contributed by atoms with Gasteiger partial charge in [0.1, 0.15) is 0 Å². The van der Waals surface area contributed by atoms with E-state index in [1.807, 2.05) is 11.8 Å². The van der Waals surface area contributed by atoms with Crippen LogP contribution < -0.4 is 10.6 Å². The molecular weight excluding hydrogens is 282 g/mol. The molecule has 0 aromatic heterocycles. The van der Waals surface area contributed by atoms with Crippen molar-refractivity contribution in [3.63, 3.8) is 0 Å². The molecule has 2 amide bonds. The van der Waals surface area contributed by atoms with Crippen LogP contribution in [0.3, 0.4) is 0 Å². The van der Waals surface area contributed by atoms with E-state index in [0.717, 1.165) is 32.2 Å². The Morgan fingerprint density at radius 1 is 1.23 bits per heavy atom. The van der Waals surface area contributed by atoms with Gasteiger partial charge >= 0.3 is 12.0 Å². The van der Waals surface area contributed by atoms with Crippen LogP contribution in [-0.2, 0) is 4.79 Å². The molecule has 0 aliphatic heterocycles. The van der Waals surface area contributed by atoms with Crippen molar-refractivity contribution < 1.29 is 14.7 Å². The number of likely N-dealkylation sites (N-methyl/N-ethyl adjacent to an activating group) is 1. The molecule has 0 aromatic rings. The Labute approximate surface area is 131 Å². The second-order valence-corrected chi connectivity index (χ2v) is 7.52. The maximum absolute atomic E-state index is 12.2. The molecule has 0 spiro atoms. The van der Waals surface area contributed by atoms with Crippen molar-refractivity contribution in [2.75, 3.05) is 13.1 Å². The Hall–Kier alpha value is -1.30. The molecule has 3 saturated carbocycles. The molecule has 22 heavy (non-hydrogen) atoms. The summed E-state index contributed by atoms with van der Waals surface area (Å²) in [5, 5.41) is 15.1. The summed E-state index contributed by atoms with van der Waals surface area (Å²) in [5.74, 6) is -0.788. The molecule has 0 atom stereocenters.